The molecule has 3 rings (SSSR count). The van der Waals surface area contributed by atoms with Crippen molar-refractivity contribution in [2.24, 2.45) is 0 Å². The van der Waals surface area contributed by atoms with Crippen molar-refractivity contribution in [1.82, 2.24) is 0 Å². The molecule has 2 aromatic rings. The molecule has 0 saturated heterocycles. The van der Waals surface area contributed by atoms with Crippen LogP contribution in [0.25, 0.3) is 0 Å². The van der Waals surface area contributed by atoms with Gasteiger partial charge in [0.05, 0.1) is 0 Å². The first kappa shape index (κ1) is 10.8. The second-order valence-corrected chi connectivity index (χ2v) is 3.88. The number of rotatable bonds is 0. The molecule has 0 spiro atoms. The van der Waals surface area contributed by atoms with Crippen LogP contribution in [-0.4, -0.2) is 10.2 Å². The van der Waals surface area contributed by atoms with E-state index >= 15 is 0 Å². The minimum atomic E-state index is -0.961. The molecule has 1 radical (unpaired) electrons. The Morgan fingerprint density at radius 1 is 0.778 bits per heavy atom. The quantitative estimate of drug-likeness (QED) is 0.643. The van der Waals surface area contributed by atoms with Crippen LogP contribution in [-0.2, 0) is 0 Å². The summed E-state index contributed by atoms with van der Waals surface area (Å²) in [6.07, 6.45) is 1.51. The van der Waals surface area contributed by atoms with Crippen LogP contribution in [0.15, 0.2) is 24.3 Å². The summed E-state index contributed by atoms with van der Waals surface area (Å²) >= 11 is 0. The highest BCUT2D eigenvalue weighted by Crippen LogP contribution is 2.44. The van der Waals surface area contributed by atoms with E-state index in [1.807, 2.05) is 0 Å². The van der Waals surface area contributed by atoms with Crippen LogP contribution in [0.4, 0.5) is 8.78 Å². The molecule has 0 atom stereocenters. The Morgan fingerprint density at radius 3 is 1.67 bits per heavy atom. The maximum absolute atomic E-state index is 13.6. The van der Waals surface area contributed by atoms with Crippen molar-refractivity contribution in [3.63, 3.8) is 0 Å². The van der Waals surface area contributed by atoms with Crippen LogP contribution in [0.3, 0.4) is 0 Å². The van der Waals surface area contributed by atoms with Gasteiger partial charge in [-0.05, 0) is 12.1 Å². The molecule has 0 amide bonds. The number of fused-ring (bicyclic) bond motifs is 2. The first-order chi connectivity index (χ1) is 8.58. The number of halogens is 2. The van der Waals surface area contributed by atoms with Crippen LogP contribution in [0.1, 0.15) is 11.1 Å². The molecule has 1 aliphatic heterocycles. The summed E-state index contributed by atoms with van der Waals surface area (Å²) in [5.41, 5.74) is 0.783. The molecule has 1 aliphatic rings. The van der Waals surface area contributed by atoms with Crippen LogP contribution in [0.5, 0.6) is 23.0 Å². The number of ether oxygens (including phenoxy) is 1. The third-order valence-corrected chi connectivity index (χ3v) is 2.73. The molecule has 91 valence electrons. The average molecular weight is 249 g/mol. The van der Waals surface area contributed by atoms with E-state index in [2.05, 4.69) is 0 Å². The van der Waals surface area contributed by atoms with E-state index in [9.17, 15) is 19.0 Å². The summed E-state index contributed by atoms with van der Waals surface area (Å²) in [4.78, 5) is 0. The summed E-state index contributed by atoms with van der Waals surface area (Å²) in [5, 5.41) is 18.5. The van der Waals surface area contributed by atoms with Gasteiger partial charge in [-0.1, -0.05) is 12.1 Å². The van der Waals surface area contributed by atoms with Crippen LogP contribution in [0, 0.1) is 18.1 Å². The number of hydrogen-bond donors (Lipinski definition) is 2. The Labute approximate surface area is 101 Å². The zero-order chi connectivity index (χ0) is 12.9. The Balaban J connectivity index is 2.19. The first-order valence-corrected chi connectivity index (χ1v) is 5.13. The molecular weight excluding hydrogens is 242 g/mol. The van der Waals surface area contributed by atoms with Crippen molar-refractivity contribution < 1.29 is 23.7 Å². The molecule has 3 nitrogen and oxygen atoms in total. The second-order valence-electron chi connectivity index (χ2n) is 3.88. The van der Waals surface area contributed by atoms with E-state index in [0.717, 1.165) is 0 Å². The zero-order valence-corrected chi connectivity index (χ0v) is 8.95. The molecule has 18 heavy (non-hydrogen) atoms. The minimum absolute atomic E-state index is 0.257. The van der Waals surface area contributed by atoms with Gasteiger partial charge in [-0.2, -0.15) is 8.78 Å². The fourth-order valence-corrected chi connectivity index (χ4v) is 1.83. The SMILES string of the molecule is Oc1ccc2c(c1F)Oc1c(ccc(O)c1F)[CH]2. The molecule has 2 N–H and O–H groups in total. The lowest BCUT2D eigenvalue weighted by molar-refractivity contribution is 0.364. The number of phenols is 2. The monoisotopic (exact) mass is 249 g/mol. The smallest absolute Gasteiger partial charge is 0.207 e. The lowest BCUT2D eigenvalue weighted by Crippen LogP contribution is -2.05. The summed E-state index contributed by atoms with van der Waals surface area (Å²) in [5.74, 6) is -3.59. The molecule has 1 heterocycles. The van der Waals surface area contributed by atoms with E-state index in [4.69, 9.17) is 4.74 Å². The molecule has 0 bridgehead atoms. The van der Waals surface area contributed by atoms with Crippen LogP contribution < -0.4 is 4.74 Å². The van der Waals surface area contributed by atoms with Crippen molar-refractivity contribution >= 4 is 0 Å². The molecule has 0 aliphatic carbocycles. The van der Waals surface area contributed by atoms with Gasteiger partial charge in [0.15, 0.2) is 23.0 Å². The van der Waals surface area contributed by atoms with Crippen molar-refractivity contribution in [2.45, 2.75) is 0 Å². The lowest BCUT2D eigenvalue weighted by atomic mass is 9.99. The largest absolute Gasteiger partial charge is 0.505 e. The number of benzene rings is 2. The molecule has 0 saturated carbocycles. The van der Waals surface area contributed by atoms with Gasteiger partial charge in [-0.25, -0.2) is 0 Å². The van der Waals surface area contributed by atoms with E-state index in [-0.39, 0.29) is 11.5 Å². The van der Waals surface area contributed by atoms with E-state index in [1.165, 1.54) is 30.7 Å². The lowest BCUT2D eigenvalue weighted by Gasteiger charge is -2.21. The minimum Gasteiger partial charge on any atom is -0.505 e. The van der Waals surface area contributed by atoms with E-state index in [0.29, 0.717) is 11.1 Å². The highest BCUT2D eigenvalue weighted by Gasteiger charge is 2.26. The summed E-state index contributed by atoms with van der Waals surface area (Å²) < 4.78 is 32.4. The molecule has 0 unspecified atom stereocenters. The predicted molar refractivity (Wildman–Crippen MR) is 58.7 cm³/mol. The molecule has 5 heteroatoms. The Kier molecular flexibility index (Phi) is 2.16. The van der Waals surface area contributed by atoms with Crippen LogP contribution >= 0.6 is 0 Å². The maximum atomic E-state index is 13.6. The topological polar surface area (TPSA) is 49.7 Å². The van der Waals surface area contributed by atoms with Crippen molar-refractivity contribution in [1.29, 1.82) is 0 Å². The molecular formula is C13H7F2O3. The highest BCUT2D eigenvalue weighted by atomic mass is 19.1. The number of aromatic hydroxyl groups is 2. The van der Waals surface area contributed by atoms with Crippen molar-refractivity contribution in [2.75, 3.05) is 0 Å². The normalized spacial score (nSPS) is 12.6. The summed E-state index contributed by atoms with van der Waals surface area (Å²) in [7, 11) is 0. The van der Waals surface area contributed by atoms with Gasteiger partial charge in [-0.3, -0.25) is 0 Å². The van der Waals surface area contributed by atoms with Crippen LogP contribution in [0.2, 0.25) is 0 Å². The molecule has 0 aromatic heterocycles. The fourth-order valence-electron chi connectivity index (χ4n) is 1.83. The Morgan fingerprint density at radius 2 is 1.22 bits per heavy atom. The first-order valence-electron chi connectivity index (χ1n) is 5.13. The maximum Gasteiger partial charge on any atom is 0.207 e. The van der Waals surface area contributed by atoms with Gasteiger partial charge < -0.3 is 14.9 Å². The predicted octanol–water partition coefficient (Wildman–Crippen LogP) is 3.08. The third kappa shape index (κ3) is 1.40. The van der Waals surface area contributed by atoms with Gasteiger partial charge in [0.1, 0.15) is 0 Å². The second kappa shape index (κ2) is 3.60. The average Bonchev–Trinajstić information content (AvgIpc) is 2.37. The van der Waals surface area contributed by atoms with Gasteiger partial charge in [-0.15, -0.1) is 0 Å². The zero-order valence-electron chi connectivity index (χ0n) is 8.95. The van der Waals surface area contributed by atoms with Gasteiger partial charge in [0.2, 0.25) is 11.6 Å². The molecule has 2 aromatic carbocycles. The Hall–Kier alpha value is -2.30. The number of hydrogen-bond acceptors (Lipinski definition) is 3. The third-order valence-electron chi connectivity index (χ3n) is 2.73. The van der Waals surface area contributed by atoms with Crippen molar-refractivity contribution in [3.05, 3.63) is 53.4 Å². The van der Waals surface area contributed by atoms with Gasteiger partial charge >= 0.3 is 0 Å². The summed E-state index contributed by atoms with van der Waals surface area (Å²) in [6.45, 7) is 0. The van der Waals surface area contributed by atoms with E-state index < -0.39 is 23.1 Å². The number of phenolic OH excluding ortho intramolecular Hbond substituents is 2. The standard InChI is InChI=1S/C13H7F2O3/c14-10-8(16)3-1-6-5-7-2-4-9(17)11(15)13(7)18-12(6)10/h1-5,16-17H. The fraction of sp³-hybridized carbons (Fsp3) is 0. The summed E-state index contributed by atoms with van der Waals surface area (Å²) in [6, 6.07) is 5.30. The van der Waals surface area contributed by atoms with E-state index in [1.54, 1.807) is 0 Å². The Bertz CT molecular complexity index is 598. The van der Waals surface area contributed by atoms with Gasteiger partial charge in [0.25, 0.3) is 0 Å². The van der Waals surface area contributed by atoms with Crippen molar-refractivity contribution in [3.8, 4) is 23.0 Å². The highest BCUT2D eigenvalue weighted by molar-refractivity contribution is 5.60. The molecule has 0 fully saturated rings. The van der Waals surface area contributed by atoms with Gasteiger partial charge in [0, 0.05) is 17.5 Å².